The van der Waals surface area contributed by atoms with Crippen molar-refractivity contribution in [1.29, 1.82) is 0 Å². The summed E-state index contributed by atoms with van der Waals surface area (Å²) in [6, 6.07) is 2.33. The maximum Gasteiger partial charge on any atom is 0.0226 e. The van der Waals surface area contributed by atoms with Gasteiger partial charge in [-0.1, -0.05) is 53.4 Å². The lowest BCUT2D eigenvalue weighted by molar-refractivity contribution is 0.0513. The smallest absolute Gasteiger partial charge is 0.0226 e. The van der Waals surface area contributed by atoms with E-state index in [0.717, 1.165) is 23.9 Å². The molecule has 0 amide bonds. The predicted octanol–water partition coefficient (Wildman–Crippen LogP) is 4.05. The standard InChI is InChI=1S/C18H36N2/c1-14(2)11-17-12-19-18(15(3)4)13-20(17)16-9-7-5-6-8-10-16/h14-19H,5-13H2,1-4H3. The molecule has 0 spiro atoms. The topological polar surface area (TPSA) is 15.3 Å². The van der Waals surface area contributed by atoms with Gasteiger partial charge < -0.3 is 5.32 Å². The molecule has 1 N–H and O–H groups in total. The number of rotatable bonds is 4. The molecule has 20 heavy (non-hydrogen) atoms. The van der Waals surface area contributed by atoms with Gasteiger partial charge in [0.25, 0.3) is 0 Å². The lowest BCUT2D eigenvalue weighted by atomic mass is 9.92. The molecular formula is C18H36N2. The monoisotopic (exact) mass is 280 g/mol. The van der Waals surface area contributed by atoms with Gasteiger partial charge in [-0.15, -0.1) is 0 Å². The van der Waals surface area contributed by atoms with Gasteiger partial charge in [0, 0.05) is 31.2 Å². The average molecular weight is 280 g/mol. The van der Waals surface area contributed by atoms with E-state index in [0.29, 0.717) is 6.04 Å². The van der Waals surface area contributed by atoms with Crippen LogP contribution in [0.5, 0.6) is 0 Å². The Hall–Kier alpha value is -0.0800. The quantitative estimate of drug-likeness (QED) is 0.781. The van der Waals surface area contributed by atoms with Crippen molar-refractivity contribution in [3.05, 3.63) is 0 Å². The minimum Gasteiger partial charge on any atom is -0.311 e. The van der Waals surface area contributed by atoms with E-state index in [1.54, 1.807) is 0 Å². The van der Waals surface area contributed by atoms with E-state index in [9.17, 15) is 0 Å². The molecule has 2 aliphatic rings. The van der Waals surface area contributed by atoms with Crippen molar-refractivity contribution in [2.45, 2.75) is 90.8 Å². The summed E-state index contributed by atoms with van der Waals surface area (Å²) in [5.74, 6) is 1.56. The van der Waals surface area contributed by atoms with Gasteiger partial charge in [0.05, 0.1) is 0 Å². The lowest BCUT2D eigenvalue weighted by Crippen LogP contribution is -2.61. The fourth-order valence-electron chi connectivity index (χ4n) is 4.09. The zero-order chi connectivity index (χ0) is 14.5. The summed E-state index contributed by atoms with van der Waals surface area (Å²) in [5, 5.41) is 3.82. The molecule has 2 nitrogen and oxygen atoms in total. The van der Waals surface area contributed by atoms with Crippen LogP contribution in [-0.2, 0) is 0 Å². The Balaban J connectivity index is 2.03. The van der Waals surface area contributed by atoms with Crippen LogP contribution >= 0.6 is 0 Å². The van der Waals surface area contributed by atoms with Crippen LogP contribution in [-0.4, -0.2) is 36.1 Å². The highest BCUT2D eigenvalue weighted by atomic mass is 15.3. The zero-order valence-electron chi connectivity index (χ0n) is 14.2. The van der Waals surface area contributed by atoms with E-state index in [2.05, 4.69) is 37.9 Å². The summed E-state index contributed by atoms with van der Waals surface area (Å²) in [7, 11) is 0. The van der Waals surface area contributed by atoms with Gasteiger partial charge in [-0.05, 0) is 31.1 Å². The number of hydrogen-bond donors (Lipinski definition) is 1. The zero-order valence-corrected chi connectivity index (χ0v) is 14.2. The lowest BCUT2D eigenvalue weighted by Gasteiger charge is -2.46. The summed E-state index contributed by atoms with van der Waals surface area (Å²) in [6.45, 7) is 12.0. The van der Waals surface area contributed by atoms with Gasteiger partial charge >= 0.3 is 0 Å². The largest absolute Gasteiger partial charge is 0.311 e. The van der Waals surface area contributed by atoms with Crippen LogP contribution in [0.25, 0.3) is 0 Å². The van der Waals surface area contributed by atoms with E-state index in [4.69, 9.17) is 0 Å². The second-order valence-corrected chi connectivity index (χ2v) is 7.88. The highest BCUT2D eigenvalue weighted by molar-refractivity contribution is 4.91. The van der Waals surface area contributed by atoms with E-state index < -0.39 is 0 Å². The maximum absolute atomic E-state index is 3.82. The Morgan fingerprint density at radius 3 is 2.20 bits per heavy atom. The molecule has 0 radical (unpaired) electrons. The molecule has 1 saturated carbocycles. The first-order valence-electron chi connectivity index (χ1n) is 9.07. The third-order valence-electron chi connectivity index (χ3n) is 5.33. The number of nitrogens with zero attached hydrogens (tertiary/aromatic N) is 1. The van der Waals surface area contributed by atoms with Crippen LogP contribution in [0, 0.1) is 11.8 Å². The fourth-order valence-corrected chi connectivity index (χ4v) is 4.09. The Morgan fingerprint density at radius 1 is 1.00 bits per heavy atom. The van der Waals surface area contributed by atoms with E-state index in [1.165, 1.54) is 58.0 Å². The molecule has 1 aliphatic carbocycles. The van der Waals surface area contributed by atoms with Crippen molar-refractivity contribution < 1.29 is 0 Å². The SMILES string of the molecule is CC(C)CC1CNC(C(C)C)CN1C1CCCCCC1. The van der Waals surface area contributed by atoms with Crippen LogP contribution < -0.4 is 5.32 Å². The van der Waals surface area contributed by atoms with Crippen LogP contribution in [0.3, 0.4) is 0 Å². The minimum atomic E-state index is 0.696. The third kappa shape index (κ3) is 4.46. The molecule has 2 unspecified atom stereocenters. The summed E-state index contributed by atoms with van der Waals surface area (Å²) in [6.07, 6.45) is 10.1. The molecule has 1 saturated heterocycles. The Morgan fingerprint density at radius 2 is 1.65 bits per heavy atom. The third-order valence-corrected chi connectivity index (χ3v) is 5.33. The van der Waals surface area contributed by atoms with Crippen molar-refractivity contribution >= 4 is 0 Å². The van der Waals surface area contributed by atoms with Crippen LogP contribution in [0.2, 0.25) is 0 Å². The maximum atomic E-state index is 3.82. The molecular weight excluding hydrogens is 244 g/mol. The van der Waals surface area contributed by atoms with Crippen molar-refractivity contribution in [3.63, 3.8) is 0 Å². The highest BCUT2D eigenvalue weighted by Crippen LogP contribution is 2.28. The second-order valence-electron chi connectivity index (χ2n) is 7.88. The van der Waals surface area contributed by atoms with Gasteiger partial charge in [0.15, 0.2) is 0 Å². The molecule has 118 valence electrons. The normalized spacial score (nSPS) is 30.9. The fraction of sp³-hybridized carbons (Fsp3) is 1.00. The molecule has 0 bridgehead atoms. The highest BCUT2D eigenvalue weighted by Gasteiger charge is 2.34. The van der Waals surface area contributed by atoms with Gasteiger partial charge in [0.2, 0.25) is 0 Å². The average Bonchev–Trinajstić information content (AvgIpc) is 2.67. The van der Waals surface area contributed by atoms with E-state index >= 15 is 0 Å². The van der Waals surface area contributed by atoms with Crippen molar-refractivity contribution in [3.8, 4) is 0 Å². The Bertz CT molecular complexity index is 265. The van der Waals surface area contributed by atoms with Gasteiger partial charge in [0.1, 0.15) is 0 Å². The first kappa shape index (κ1) is 16.3. The van der Waals surface area contributed by atoms with Crippen LogP contribution in [0.1, 0.15) is 72.6 Å². The first-order chi connectivity index (χ1) is 9.58. The molecule has 1 heterocycles. The Kier molecular flexibility index (Phi) is 6.35. The number of hydrogen-bond acceptors (Lipinski definition) is 2. The van der Waals surface area contributed by atoms with Crippen molar-refractivity contribution in [1.82, 2.24) is 10.2 Å². The second kappa shape index (κ2) is 7.79. The van der Waals surface area contributed by atoms with Crippen molar-refractivity contribution in [2.75, 3.05) is 13.1 Å². The summed E-state index contributed by atoms with van der Waals surface area (Å²) < 4.78 is 0. The number of piperazine rings is 1. The van der Waals surface area contributed by atoms with Crippen LogP contribution in [0.4, 0.5) is 0 Å². The molecule has 2 rings (SSSR count). The molecule has 2 fully saturated rings. The van der Waals surface area contributed by atoms with Gasteiger partial charge in [-0.3, -0.25) is 4.90 Å². The molecule has 2 atom stereocenters. The van der Waals surface area contributed by atoms with Gasteiger partial charge in [-0.25, -0.2) is 0 Å². The van der Waals surface area contributed by atoms with Crippen molar-refractivity contribution in [2.24, 2.45) is 11.8 Å². The summed E-state index contributed by atoms with van der Waals surface area (Å²) in [4.78, 5) is 2.91. The Labute approximate surface area is 126 Å². The minimum absolute atomic E-state index is 0.696. The summed E-state index contributed by atoms with van der Waals surface area (Å²) in [5.41, 5.74) is 0. The summed E-state index contributed by atoms with van der Waals surface area (Å²) >= 11 is 0. The van der Waals surface area contributed by atoms with E-state index in [1.807, 2.05) is 0 Å². The molecule has 0 aromatic heterocycles. The first-order valence-corrected chi connectivity index (χ1v) is 9.07. The molecule has 1 aliphatic heterocycles. The predicted molar refractivity (Wildman–Crippen MR) is 88.1 cm³/mol. The van der Waals surface area contributed by atoms with Crippen LogP contribution in [0.15, 0.2) is 0 Å². The molecule has 0 aromatic carbocycles. The molecule has 0 aromatic rings. The molecule has 2 heteroatoms. The number of nitrogens with one attached hydrogen (secondary N) is 1. The van der Waals surface area contributed by atoms with Gasteiger partial charge in [-0.2, -0.15) is 0 Å². The van der Waals surface area contributed by atoms with E-state index in [-0.39, 0.29) is 0 Å².